The van der Waals surface area contributed by atoms with E-state index in [0.29, 0.717) is 19.1 Å². The standard InChI is InChI=1S/C23H24N4O2S/c1-15-11-18(29-26-15)13-24-17-7-8-19-20(12-17)30-22-21(19)23(28)27(14-25-22)10-9-16-5-3-2-4-6-16/h2-6,11,14,17,24H,7-10,12-13H2,1H3. The molecule has 30 heavy (non-hydrogen) atoms. The van der Waals surface area contributed by atoms with E-state index in [-0.39, 0.29) is 5.56 Å². The Labute approximate surface area is 178 Å². The number of aromatic nitrogens is 3. The summed E-state index contributed by atoms with van der Waals surface area (Å²) in [4.78, 5) is 19.9. The van der Waals surface area contributed by atoms with Gasteiger partial charge in [-0.2, -0.15) is 0 Å². The number of rotatable bonds is 6. The van der Waals surface area contributed by atoms with Crippen LogP contribution in [0.4, 0.5) is 0 Å². The molecule has 1 unspecified atom stereocenters. The van der Waals surface area contributed by atoms with E-state index in [9.17, 15) is 4.79 Å². The maximum Gasteiger partial charge on any atom is 0.262 e. The van der Waals surface area contributed by atoms with Crippen LogP contribution in [0.15, 0.2) is 52.0 Å². The monoisotopic (exact) mass is 420 g/mol. The summed E-state index contributed by atoms with van der Waals surface area (Å²) in [5.41, 5.74) is 3.43. The molecule has 1 aromatic carbocycles. The van der Waals surface area contributed by atoms with Gasteiger partial charge in [0.2, 0.25) is 0 Å². The lowest BCUT2D eigenvalue weighted by Gasteiger charge is -2.22. The first-order valence-electron chi connectivity index (χ1n) is 10.4. The van der Waals surface area contributed by atoms with Gasteiger partial charge in [0, 0.05) is 23.5 Å². The molecular weight excluding hydrogens is 396 g/mol. The molecule has 0 amide bonds. The third kappa shape index (κ3) is 3.82. The first-order chi connectivity index (χ1) is 14.7. The predicted molar refractivity (Wildman–Crippen MR) is 118 cm³/mol. The average Bonchev–Trinajstić information content (AvgIpc) is 3.35. The maximum atomic E-state index is 13.2. The molecule has 3 aromatic heterocycles. The van der Waals surface area contributed by atoms with Gasteiger partial charge in [0.25, 0.3) is 5.56 Å². The Kier molecular flexibility index (Phi) is 5.23. The second kappa shape index (κ2) is 8.16. The van der Waals surface area contributed by atoms with Crippen molar-refractivity contribution in [2.24, 2.45) is 0 Å². The van der Waals surface area contributed by atoms with Gasteiger partial charge in [0.1, 0.15) is 4.83 Å². The van der Waals surface area contributed by atoms with Crippen molar-refractivity contribution in [3.63, 3.8) is 0 Å². The third-order valence-corrected chi connectivity index (χ3v) is 6.92. The van der Waals surface area contributed by atoms with Gasteiger partial charge in [-0.3, -0.25) is 9.36 Å². The number of fused-ring (bicyclic) bond motifs is 3. The summed E-state index contributed by atoms with van der Waals surface area (Å²) < 4.78 is 7.06. The molecule has 4 aromatic rings. The first-order valence-corrected chi connectivity index (χ1v) is 11.2. The van der Waals surface area contributed by atoms with Crippen molar-refractivity contribution in [2.75, 3.05) is 0 Å². The van der Waals surface area contributed by atoms with Crippen molar-refractivity contribution in [1.29, 1.82) is 0 Å². The molecular formula is C23H24N4O2S. The van der Waals surface area contributed by atoms with Crippen molar-refractivity contribution in [3.8, 4) is 0 Å². The quantitative estimate of drug-likeness (QED) is 0.516. The van der Waals surface area contributed by atoms with Crippen LogP contribution in [0.2, 0.25) is 0 Å². The van der Waals surface area contributed by atoms with E-state index in [4.69, 9.17) is 4.52 Å². The van der Waals surface area contributed by atoms with Gasteiger partial charge < -0.3 is 9.84 Å². The number of nitrogens with one attached hydrogen (secondary N) is 1. The highest BCUT2D eigenvalue weighted by molar-refractivity contribution is 7.18. The molecule has 0 fully saturated rings. The van der Waals surface area contributed by atoms with Crippen LogP contribution in [0.5, 0.6) is 0 Å². The lowest BCUT2D eigenvalue weighted by molar-refractivity contribution is 0.353. The van der Waals surface area contributed by atoms with E-state index >= 15 is 0 Å². The molecule has 1 atom stereocenters. The van der Waals surface area contributed by atoms with Crippen LogP contribution >= 0.6 is 11.3 Å². The Morgan fingerprint density at radius 1 is 1.30 bits per heavy atom. The Morgan fingerprint density at radius 2 is 2.17 bits per heavy atom. The highest BCUT2D eigenvalue weighted by atomic mass is 32.1. The van der Waals surface area contributed by atoms with Crippen LogP contribution in [0.3, 0.4) is 0 Å². The van der Waals surface area contributed by atoms with Gasteiger partial charge in [-0.25, -0.2) is 4.98 Å². The van der Waals surface area contributed by atoms with E-state index in [2.05, 4.69) is 27.6 Å². The van der Waals surface area contributed by atoms with E-state index < -0.39 is 0 Å². The Bertz CT molecular complexity index is 1230. The summed E-state index contributed by atoms with van der Waals surface area (Å²) in [6, 6.07) is 12.6. The summed E-state index contributed by atoms with van der Waals surface area (Å²) in [7, 11) is 0. The molecule has 5 rings (SSSR count). The minimum atomic E-state index is 0.0944. The smallest absolute Gasteiger partial charge is 0.262 e. The molecule has 7 heteroatoms. The van der Waals surface area contributed by atoms with Crippen molar-refractivity contribution >= 4 is 21.6 Å². The highest BCUT2D eigenvalue weighted by Gasteiger charge is 2.25. The number of nitrogens with zero attached hydrogens (tertiary/aromatic N) is 3. The molecule has 0 saturated heterocycles. The fourth-order valence-electron chi connectivity index (χ4n) is 4.17. The lowest BCUT2D eigenvalue weighted by Crippen LogP contribution is -2.33. The summed E-state index contributed by atoms with van der Waals surface area (Å²) in [5, 5.41) is 8.34. The van der Waals surface area contributed by atoms with Gasteiger partial charge in [-0.15, -0.1) is 11.3 Å². The van der Waals surface area contributed by atoms with Gasteiger partial charge in [-0.1, -0.05) is 35.5 Å². The summed E-state index contributed by atoms with van der Waals surface area (Å²) in [6.45, 7) is 3.25. The molecule has 0 saturated carbocycles. The fourth-order valence-corrected chi connectivity index (χ4v) is 5.43. The molecule has 6 nitrogen and oxygen atoms in total. The largest absolute Gasteiger partial charge is 0.360 e. The number of hydrogen-bond acceptors (Lipinski definition) is 6. The summed E-state index contributed by atoms with van der Waals surface area (Å²) >= 11 is 1.67. The topological polar surface area (TPSA) is 73.0 Å². The number of benzene rings is 1. The molecule has 154 valence electrons. The van der Waals surface area contributed by atoms with Crippen molar-refractivity contribution in [1.82, 2.24) is 20.0 Å². The third-order valence-electron chi connectivity index (χ3n) is 5.76. The van der Waals surface area contributed by atoms with Gasteiger partial charge in [0.05, 0.1) is 24.0 Å². The van der Waals surface area contributed by atoms with Crippen LogP contribution in [-0.4, -0.2) is 20.7 Å². The molecule has 3 heterocycles. The Hall–Kier alpha value is -2.77. The Morgan fingerprint density at radius 3 is 2.97 bits per heavy atom. The minimum Gasteiger partial charge on any atom is -0.360 e. The number of aryl methyl sites for hydroxylation is 4. The number of thiophene rings is 1. The van der Waals surface area contributed by atoms with Crippen LogP contribution < -0.4 is 10.9 Å². The van der Waals surface area contributed by atoms with Gasteiger partial charge in [0.15, 0.2) is 5.76 Å². The van der Waals surface area contributed by atoms with Gasteiger partial charge >= 0.3 is 0 Å². The molecule has 1 N–H and O–H groups in total. The van der Waals surface area contributed by atoms with E-state index in [1.165, 1.54) is 16.0 Å². The van der Waals surface area contributed by atoms with Crippen LogP contribution in [-0.2, 0) is 32.4 Å². The second-order valence-electron chi connectivity index (χ2n) is 7.92. The maximum absolute atomic E-state index is 13.2. The average molecular weight is 421 g/mol. The Balaban J connectivity index is 1.33. The minimum absolute atomic E-state index is 0.0944. The van der Waals surface area contributed by atoms with E-state index in [0.717, 1.165) is 47.4 Å². The molecule has 0 aliphatic heterocycles. The summed E-state index contributed by atoms with van der Waals surface area (Å²) in [6.07, 6.45) is 5.37. The van der Waals surface area contributed by atoms with Crippen LogP contribution in [0.25, 0.3) is 10.2 Å². The molecule has 1 aliphatic carbocycles. The van der Waals surface area contributed by atoms with Crippen molar-refractivity contribution in [3.05, 3.63) is 80.5 Å². The van der Waals surface area contributed by atoms with E-state index in [1.54, 1.807) is 22.2 Å². The van der Waals surface area contributed by atoms with Crippen LogP contribution in [0.1, 0.15) is 33.9 Å². The molecule has 0 radical (unpaired) electrons. The zero-order valence-corrected chi connectivity index (χ0v) is 17.7. The predicted octanol–water partition coefficient (Wildman–Crippen LogP) is 3.64. The molecule has 0 spiro atoms. The fraction of sp³-hybridized carbons (Fsp3) is 0.348. The second-order valence-corrected chi connectivity index (χ2v) is 9.00. The first kappa shape index (κ1) is 19.2. The normalized spacial score (nSPS) is 16.1. The zero-order valence-electron chi connectivity index (χ0n) is 16.9. The lowest BCUT2D eigenvalue weighted by atomic mass is 9.93. The molecule has 1 aliphatic rings. The summed E-state index contributed by atoms with van der Waals surface area (Å²) in [5.74, 6) is 0.859. The van der Waals surface area contributed by atoms with Crippen molar-refractivity contribution < 1.29 is 4.52 Å². The number of hydrogen-bond donors (Lipinski definition) is 1. The molecule has 0 bridgehead atoms. The van der Waals surface area contributed by atoms with E-state index in [1.807, 2.05) is 31.2 Å². The van der Waals surface area contributed by atoms with Crippen molar-refractivity contribution in [2.45, 2.75) is 51.7 Å². The van der Waals surface area contributed by atoms with Crippen LogP contribution in [0, 0.1) is 6.92 Å². The zero-order chi connectivity index (χ0) is 20.5. The SMILES string of the molecule is Cc1cc(CNC2CCc3c(sc4ncn(CCc5ccccc5)c(=O)c34)C2)on1. The van der Waals surface area contributed by atoms with Gasteiger partial charge in [-0.05, 0) is 43.7 Å². The highest BCUT2D eigenvalue weighted by Crippen LogP contribution is 2.33.